The maximum absolute atomic E-state index is 5.66. The molecule has 4 rings (SSSR count). The number of aryl methyl sites for hydroxylation is 1. The van der Waals surface area contributed by atoms with Crippen molar-refractivity contribution in [2.45, 2.75) is 69.0 Å². The first-order valence-electron chi connectivity index (χ1n) is 11.4. The molecular formula is C27H34N2O. The van der Waals surface area contributed by atoms with E-state index in [0.717, 1.165) is 25.0 Å². The van der Waals surface area contributed by atoms with Gasteiger partial charge in [0.25, 0.3) is 0 Å². The lowest BCUT2D eigenvalue weighted by molar-refractivity contribution is 0.267. The van der Waals surface area contributed by atoms with Gasteiger partial charge in [-0.15, -0.1) is 0 Å². The molecule has 1 aliphatic heterocycles. The summed E-state index contributed by atoms with van der Waals surface area (Å²) >= 11 is 0. The summed E-state index contributed by atoms with van der Waals surface area (Å²) in [5.41, 5.74) is 2.35. The van der Waals surface area contributed by atoms with Gasteiger partial charge in [-0.1, -0.05) is 73.9 Å². The molecule has 2 aromatic carbocycles. The fourth-order valence-electron chi connectivity index (χ4n) is 5.01. The van der Waals surface area contributed by atoms with E-state index in [-0.39, 0.29) is 5.54 Å². The number of methoxy groups -OCH3 is 1. The van der Waals surface area contributed by atoms with Gasteiger partial charge in [-0.05, 0) is 49.0 Å². The Morgan fingerprint density at radius 2 is 1.80 bits per heavy atom. The molecule has 0 amide bonds. The summed E-state index contributed by atoms with van der Waals surface area (Å²) < 4.78 is 5.66. The summed E-state index contributed by atoms with van der Waals surface area (Å²) in [6, 6.07) is 20.1. The van der Waals surface area contributed by atoms with Crippen molar-refractivity contribution < 1.29 is 4.74 Å². The van der Waals surface area contributed by atoms with E-state index in [0.29, 0.717) is 12.1 Å². The third-order valence-corrected chi connectivity index (χ3v) is 6.66. The first kappa shape index (κ1) is 20.9. The minimum atomic E-state index is -0.263. The number of hydrogen-bond donors (Lipinski definition) is 1. The Hall–Kier alpha value is -2.39. The van der Waals surface area contributed by atoms with Crippen molar-refractivity contribution in [1.82, 2.24) is 5.32 Å². The lowest BCUT2D eigenvalue weighted by Gasteiger charge is -2.38. The molecule has 2 atom stereocenters. The molecule has 0 spiro atoms. The predicted molar refractivity (Wildman–Crippen MR) is 126 cm³/mol. The van der Waals surface area contributed by atoms with Crippen LogP contribution >= 0.6 is 0 Å². The molecule has 30 heavy (non-hydrogen) atoms. The number of rotatable bonds is 9. The number of hydrogen-bond acceptors (Lipinski definition) is 3. The van der Waals surface area contributed by atoms with E-state index >= 15 is 0 Å². The molecule has 3 nitrogen and oxygen atoms in total. The predicted octanol–water partition coefficient (Wildman–Crippen LogP) is 5.54. The Morgan fingerprint density at radius 1 is 1.03 bits per heavy atom. The Morgan fingerprint density at radius 3 is 2.53 bits per heavy atom. The van der Waals surface area contributed by atoms with Crippen LogP contribution in [0.15, 0.2) is 71.7 Å². The van der Waals surface area contributed by atoms with Crippen LogP contribution in [-0.4, -0.2) is 30.9 Å². The van der Waals surface area contributed by atoms with E-state index in [2.05, 4.69) is 66.0 Å². The van der Waals surface area contributed by atoms with E-state index in [1.54, 1.807) is 7.11 Å². The van der Waals surface area contributed by atoms with Gasteiger partial charge in [0.05, 0.1) is 12.6 Å². The monoisotopic (exact) mass is 402 g/mol. The Bertz CT molecular complexity index is 840. The number of ether oxygens (including phenoxy) is 1. The van der Waals surface area contributed by atoms with Crippen LogP contribution in [-0.2, 0) is 12.8 Å². The van der Waals surface area contributed by atoms with Crippen molar-refractivity contribution in [1.29, 1.82) is 0 Å². The van der Waals surface area contributed by atoms with Crippen molar-refractivity contribution in [3.63, 3.8) is 0 Å². The summed E-state index contributed by atoms with van der Waals surface area (Å²) in [5.74, 6) is 0.951. The Balaban J connectivity index is 1.59. The van der Waals surface area contributed by atoms with Crippen LogP contribution in [0.4, 0.5) is 0 Å². The minimum Gasteiger partial charge on any atom is -0.496 e. The summed E-state index contributed by atoms with van der Waals surface area (Å²) in [5, 5.41) is 4.06. The molecule has 0 radical (unpaired) electrons. The smallest absolute Gasteiger partial charge is 0.122 e. The molecule has 2 aromatic rings. The quantitative estimate of drug-likeness (QED) is 0.597. The summed E-state index contributed by atoms with van der Waals surface area (Å²) in [7, 11) is 1.76. The molecule has 158 valence electrons. The fraction of sp³-hybridized carbons (Fsp3) is 0.444. The molecular weight excluding hydrogens is 368 g/mol. The summed E-state index contributed by atoms with van der Waals surface area (Å²) in [6.45, 7) is 0. The highest BCUT2D eigenvalue weighted by Crippen LogP contribution is 2.34. The van der Waals surface area contributed by atoms with Crippen molar-refractivity contribution in [3.05, 3.63) is 77.9 Å². The number of nitrogens with zero attached hydrogens (tertiary/aromatic N) is 1. The van der Waals surface area contributed by atoms with Gasteiger partial charge in [-0.25, -0.2) is 0 Å². The van der Waals surface area contributed by atoms with E-state index in [4.69, 9.17) is 9.73 Å². The maximum Gasteiger partial charge on any atom is 0.122 e. The molecule has 1 N–H and O–H groups in total. The van der Waals surface area contributed by atoms with Gasteiger partial charge in [0.15, 0.2) is 0 Å². The van der Waals surface area contributed by atoms with Crippen molar-refractivity contribution in [3.8, 4) is 5.75 Å². The zero-order chi connectivity index (χ0) is 20.7. The zero-order valence-corrected chi connectivity index (χ0v) is 18.1. The topological polar surface area (TPSA) is 33.6 Å². The highest BCUT2D eigenvalue weighted by molar-refractivity contribution is 5.75. The first-order valence-corrected chi connectivity index (χ1v) is 11.4. The van der Waals surface area contributed by atoms with E-state index in [1.807, 2.05) is 12.3 Å². The third kappa shape index (κ3) is 5.02. The first-order chi connectivity index (χ1) is 14.8. The number of aliphatic imine (C=N–C) groups is 1. The van der Waals surface area contributed by atoms with Crippen molar-refractivity contribution >= 4 is 6.21 Å². The van der Waals surface area contributed by atoms with Gasteiger partial charge >= 0.3 is 0 Å². The second kappa shape index (κ2) is 10.1. The van der Waals surface area contributed by atoms with Gasteiger partial charge in [0.1, 0.15) is 5.75 Å². The fourth-order valence-corrected chi connectivity index (χ4v) is 5.01. The van der Waals surface area contributed by atoms with Gasteiger partial charge in [-0.3, -0.25) is 4.99 Å². The number of para-hydroxylation sites is 1. The molecule has 0 saturated heterocycles. The second-order valence-corrected chi connectivity index (χ2v) is 8.70. The highest BCUT2D eigenvalue weighted by atomic mass is 16.5. The van der Waals surface area contributed by atoms with Gasteiger partial charge in [0.2, 0.25) is 0 Å². The average molecular weight is 403 g/mol. The number of benzene rings is 2. The van der Waals surface area contributed by atoms with Gasteiger partial charge in [0, 0.05) is 24.7 Å². The molecule has 2 unspecified atom stereocenters. The van der Waals surface area contributed by atoms with Crippen LogP contribution in [0.2, 0.25) is 0 Å². The third-order valence-electron chi connectivity index (χ3n) is 6.66. The number of nitrogens with one attached hydrogen (secondary N) is 1. The van der Waals surface area contributed by atoms with Crippen LogP contribution < -0.4 is 10.1 Å². The van der Waals surface area contributed by atoms with E-state index in [9.17, 15) is 0 Å². The minimum absolute atomic E-state index is 0.263. The summed E-state index contributed by atoms with van der Waals surface area (Å²) in [4.78, 5) is 5.06. The van der Waals surface area contributed by atoms with Gasteiger partial charge < -0.3 is 10.1 Å². The van der Waals surface area contributed by atoms with Crippen LogP contribution in [0.3, 0.4) is 0 Å². The molecule has 1 fully saturated rings. The largest absolute Gasteiger partial charge is 0.496 e. The summed E-state index contributed by atoms with van der Waals surface area (Å²) in [6.07, 6.45) is 16.0. The Labute approximate surface area is 181 Å². The van der Waals surface area contributed by atoms with Crippen LogP contribution in [0.25, 0.3) is 0 Å². The van der Waals surface area contributed by atoms with Gasteiger partial charge in [-0.2, -0.15) is 0 Å². The molecule has 3 heteroatoms. The van der Waals surface area contributed by atoms with E-state index in [1.165, 1.54) is 43.2 Å². The SMILES string of the molecule is COc1ccccc1CC1(C(CCc2ccccc2)NC2CCCCC2)C=CC=N1. The number of allylic oxidation sites excluding steroid dienone is 1. The molecule has 0 aromatic heterocycles. The maximum atomic E-state index is 5.66. The molecule has 1 saturated carbocycles. The second-order valence-electron chi connectivity index (χ2n) is 8.70. The molecule has 2 aliphatic rings. The van der Waals surface area contributed by atoms with Crippen LogP contribution in [0.5, 0.6) is 5.75 Å². The lowest BCUT2D eigenvalue weighted by atomic mass is 9.80. The van der Waals surface area contributed by atoms with Crippen LogP contribution in [0.1, 0.15) is 49.7 Å². The van der Waals surface area contributed by atoms with Crippen LogP contribution in [0, 0.1) is 0 Å². The van der Waals surface area contributed by atoms with Crippen molar-refractivity contribution in [2.24, 2.45) is 4.99 Å². The normalized spacial score (nSPS) is 22.3. The van der Waals surface area contributed by atoms with E-state index < -0.39 is 0 Å². The van der Waals surface area contributed by atoms with Crippen molar-refractivity contribution in [2.75, 3.05) is 7.11 Å². The molecule has 1 heterocycles. The zero-order valence-electron chi connectivity index (χ0n) is 18.1. The molecule has 0 bridgehead atoms. The Kier molecular flexibility index (Phi) is 7.01. The highest BCUT2D eigenvalue weighted by Gasteiger charge is 2.39. The molecule has 1 aliphatic carbocycles. The standard InChI is InChI=1S/C27H34N2O/c1-30-25-16-9-8-13-23(25)21-27(19-10-20-28-27)26(29-24-14-6-3-7-15-24)18-17-22-11-4-2-5-12-22/h2,4-5,8-13,16,19-20,24,26,29H,3,6-7,14-15,17-18,21H2,1H3. The lowest BCUT2D eigenvalue weighted by Crippen LogP contribution is -2.53. The average Bonchev–Trinajstić information content (AvgIpc) is 3.28.